The molecular weight excluding hydrogens is 455 g/mol. The molecule has 2 aliphatic rings. The van der Waals surface area contributed by atoms with Crippen LogP contribution in [0.3, 0.4) is 0 Å². The van der Waals surface area contributed by atoms with Crippen LogP contribution in [0.25, 0.3) is 11.1 Å². The molecule has 0 aliphatic heterocycles. The Morgan fingerprint density at radius 2 is 1.61 bits per heavy atom. The molecule has 4 nitrogen and oxygen atoms in total. The van der Waals surface area contributed by atoms with Crippen molar-refractivity contribution in [2.24, 2.45) is 0 Å². The molecule has 0 heterocycles. The number of aryl methyl sites for hydroxylation is 1. The van der Waals surface area contributed by atoms with Gasteiger partial charge in [0.1, 0.15) is 0 Å². The molecule has 2 aliphatic carbocycles. The second-order valence-corrected chi connectivity index (χ2v) is 9.89. The van der Waals surface area contributed by atoms with Crippen molar-refractivity contribution < 1.29 is 23.8 Å². The number of benzene rings is 2. The Kier molecular flexibility index (Phi) is 6.53. The molecule has 5 heteroatoms. The quantitative estimate of drug-likeness (QED) is 0.331. The summed E-state index contributed by atoms with van der Waals surface area (Å²) in [6.45, 7) is 2.16. The van der Waals surface area contributed by atoms with Crippen LogP contribution >= 0.6 is 0 Å². The van der Waals surface area contributed by atoms with E-state index in [1.54, 1.807) is 0 Å². The predicted octanol–water partition coefficient (Wildman–Crippen LogP) is 6.38. The lowest BCUT2D eigenvalue weighted by Crippen LogP contribution is -2.37. The molecular formula is C31H29FO4. The van der Waals surface area contributed by atoms with E-state index in [4.69, 9.17) is 4.74 Å². The Balaban J connectivity index is 1.65. The number of rotatable bonds is 9. The van der Waals surface area contributed by atoms with Crippen molar-refractivity contribution in [1.82, 2.24) is 0 Å². The Morgan fingerprint density at radius 1 is 0.944 bits per heavy atom. The number of carbonyl (C=O) groups excluding carboxylic acids is 2. The maximum Gasteiger partial charge on any atom is 0.348 e. The fourth-order valence-corrected chi connectivity index (χ4v) is 6.59. The standard InChI is InChI=1S/C31H29FO4/c1-2-35-28(33)16-19-30(18-15-22-9-3-6-12-25(22)30)21-31(20-17-29(34)36-32)26-13-7-4-10-23(26)24-11-5-8-14-27(24)31/h3-5,7-11,13-14H,2,15-21H2,1H3. The van der Waals surface area contributed by atoms with Gasteiger partial charge in [0.25, 0.3) is 0 Å². The van der Waals surface area contributed by atoms with Gasteiger partial charge in [-0.15, -0.1) is 0 Å². The van der Waals surface area contributed by atoms with Crippen LogP contribution in [0.1, 0.15) is 67.7 Å². The molecule has 0 N–H and O–H groups in total. The second kappa shape index (κ2) is 9.78. The van der Waals surface area contributed by atoms with E-state index in [-0.39, 0.29) is 17.8 Å². The van der Waals surface area contributed by atoms with Crippen molar-refractivity contribution in [1.29, 1.82) is 0 Å². The van der Waals surface area contributed by atoms with Crippen LogP contribution in [0.2, 0.25) is 0 Å². The summed E-state index contributed by atoms with van der Waals surface area (Å²) in [7, 11) is 0. The number of halogens is 1. The molecule has 1 unspecified atom stereocenters. The monoisotopic (exact) mass is 484 g/mol. The van der Waals surface area contributed by atoms with Crippen molar-refractivity contribution >= 4 is 11.9 Å². The van der Waals surface area contributed by atoms with Crippen molar-refractivity contribution in [3.05, 3.63) is 95.1 Å². The van der Waals surface area contributed by atoms with Gasteiger partial charge in [-0.25, -0.2) is 4.79 Å². The van der Waals surface area contributed by atoms with Gasteiger partial charge < -0.3 is 4.74 Å². The van der Waals surface area contributed by atoms with Crippen LogP contribution in [0, 0.1) is 12.1 Å². The number of esters is 1. The summed E-state index contributed by atoms with van der Waals surface area (Å²) in [5, 5.41) is 0. The third-order valence-corrected chi connectivity index (χ3v) is 8.06. The highest BCUT2D eigenvalue weighted by molar-refractivity contribution is 5.82. The van der Waals surface area contributed by atoms with Crippen molar-refractivity contribution in [2.75, 3.05) is 6.61 Å². The zero-order valence-electron chi connectivity index (χ0n) is 20.4. The summed E-state index contributed by atoms with van der Waals surface area (Å²) in [5.41, 5.74) is 5.89. The Morgan fingerprint density at radius 3 is 2.28 bits per heavy atom. The van der Waals surface area contributed by atoms with Gasteiger partial charge in [0.05, 0.1) is 13.0 Å². The number of fused-ring (bicyclic) bond motifs is 4. The first-order valence-corrected chi connectivity index (χ1v) is 12.6. The number of ether oxygens (including phenoxy) is 1. The Bertz CT molecular complexity index is 1240. The zero-order valence-corrected chi connectivity index (χ0v) is 20.4. The largest absolute Gasteiger partial charge is 0.466 e. The van der Waals surface area contributed by atoms with E-state index in [1.165, 1.54) is 5.56 Å². The molecule has 36 heavy (non-hydrogen) atoms. The maximum absolute atomic E-state index is 12.8. The van der Waals surface area contributed by atoms with Gasteiger partial charge in [0.2, 0.25) is 0 Å². The van der Waals surface area contributed by atoms with E-state index >= 15 is 0 Å². The average molecular weight is 485 g/mol. The lowest BCUT2D eigenvalue weighted by molar-refractivity contribution is -0.184. The van der Waals surface area contributed by atoms with Crippen LogP contribution in [-0.4, -0.2) is 18.5 Å². The van der Waals surface area contributed by atoms with E-state index < -0.39 is 11.4 Å². The Hall–Kier alpha value is -3.65. The lowest BCUT2D eigenvalue weighted by atomic mass is 9.61. The minimum absolute atomic E-state index is 0.0510. The number of carbonyl (C=O) groups is 2. The van der Waals surface area contributed by atoms with E-state index in [0.29, 0.717) is 32.3 Å². The van der Waals surface area contributed by atoms with E-state index in [0.717, 1.165) is 40.7 Å². The molecule has 0 fully saturated rings. The van der Waals surface area contributed by atoms with Gasteiger partial charge in [-0.1, -0.05) is 60.7 Å². The normalized spacial score (nSPS) is 18.5. The first kappa shape index (κ1) is 24.1. The van der Waals surface area contributed by atoms with Crippen molar-refractivity contribution in [3.63, 3.8) is 0 Å². The molecule has 184 valence electrons. The first-order valence-electron chi connectivity index (χ1n) is 12.6. The minimum atomic E-state index is -0.872. The molecule has 5 rings (SSSR count). The molecule has 0 amide bonds. The first-order chi connectivity index (χ1) is 17.5. The molecule has 0 saturated carbocycles. The molecule has 0 saturated heterocycles. The third-order valence-electron chi connectivity index (χ3n) is 8.06. The summed E-state index contributed by atoms with van der Waals surface area (Å²) in [5.74, 6) is -1.09. The fraction of sp³-hybridized carbons (Fsp3) is 0.355. The SMILES string of the molecule is CCOC(=O)CCC1(CC2(CCC(=O)OF)c3ccccc3-c3ccccc32)CCc2ccc#cc21. The van der Waals surface area contributed by atoms with Crippen LogP contribution in [-0.2, 0) is 36.5 Å². The zero-order chi connectivity index (χ0) is 25.2. The van der Waals surface area contributed by atoms with Gasteiger partial charge in [-0.2, -0.15) is 0 Å². The summed E-state index contributed by atoms with van der Waals surface area (Å²) in [6, 6.07) is 27.0. The topological polar surface area (TPSA) is 52.6 Å². The van der Waals surface area contributed by atoms with E-state index in [2.05, 4.69) is 47.4 Å². The van der Waals surface area contributed by atoms with Crippen molar-refractivity contribution in [2.45, 2.75) is 62.7 Å². The van der Waals surface area contributed by atoms with Crippen LogP contribution in [0.15, 0.2) is 60.7 Å². The number of hydrogen-bond acceptors (Lipinski definition) is 4. The fourth-order valence-electron chi connectivity index (χ4n) is 6.59. The van der Waals surface area contributed by atoms with Crippen molar-refractivity contribution in [3.8, 4) is 11.1 Å². The van der Waals surface area contributed by atoms with Gasteiger partial charge >= 0.3 is 11.9 Å². The summed E-state index contributed by atoms with van der Waals surface area (Å²) < 4.78 is 18.1. The third kappa shape index (κ3) is 4.05. The van der Waals surface area contributed by atoms with Crippen LogP contribution in [0.5, 0.6) is 0 Å². The summed E-state index contributed by atoms with van der Waals surface area (Å²) >= 11 is 0. The molecule has 1 atom stereocenters. The second-order valence-electron chi connectivity index (χ2n) is 9.89. The number of hydrogen-bond donors (Lipinski definition) is 0. The van der Waals surface area contributed by atoms with E-state index in [1.807, 2.05) is 37.3 Å². The van der Waals surface area contributed by atoms with Gasteiger partial charge in [0.15, 0.2) is 0 Å². The summed E-state index contributed by atoms with van der Waals surface area (Å²) in [4.78, 5) is 28.1. The highest BCUT2D eigenvalue weighted by Crippen LogP contribution is 2.59. The molecule has 3 aromatic carbocycles. The van der Waals surface area contributed by atoms with Crippen LogP contribution in [0.4, 0.5) is 4.53 Å². The molecule has 0 bridgehead atoms. The Labute approximate surface area is 211 Å². The molecule has 0 spiro atoms. The molecule has 3 aromatic rings. The average Bonchev–Trinajstić information content (AvgIpc) is 3.41. The maximum atomic E-state index is 12.8. The van der Waals surface area contributed by atoms with Gasteiger partial charge in [-0.3, -0.25) is 9.74 Å². The lowest BCUT2D eigenvalue weighted by Gasteiger charge is -2.41. The van der Waals surface area contributed by atoms with E-state index in [9.17, 15) is 14.1 Å². The van der Waals surface area contributed by atoms with Crippen LogP contribution < -0.4 is 0 Å². The van der Waals surface area contributed by atoms with Gasteiger partial charge in [0, 0.05) is 27.3 Å². The minimum Gasteiger partial charge on any atom is -0.466 e. The molecule has 0 radical (unpaired) electrons. The summed E-state index contributed by atoms with van der Waals surface area (Å²) in [6.07, 6.45) is 3.65. The molecule has 0 aromatic heterocycles. The highest BCUT2D eigenvalue weighted by Gasteiger charge is 2.51. The highest BCUT2D eigenvalue weighted by atomic mass is 19.3. The predicted molar refractivity (Wildman–Crippen MR) is 134 cm³/mol. The van der Waals surface area contributed by atoms with Gasteiger partial charge in [-0.05, 0) is 79.0 Å². The smallest absolute Gasteiger partial charge is 0.348 e.